The average molecular weight is 270 g/mol. The summed E-state index contributed by atoms with van der Waals surface area (Å²) in [7, 11) is 0. The average Bonchev–Trinajstić information content (AvgIpc) is 2.46. The van der Waals surface area contributed by atoms with E-state index in [0.717, 1.165) is 5.56 Å². The van der Waals surface area contributed by atoms with Gasteiger partial charge in [-0.15, -0.1) is 0 Å². The second kappa shape index (κ2) is 6.14. The van der Waals surface area contributed by atoms with E-state index in [1.54, 1.807) is 0 Å². The Morgan fingerprint density at radius 3 is 2.45 bits per heavy atom. The Hall–Kier alpha value is -2.43. The third-order valence-corrected chi connectivity index (χ3v) is 3.00. The van der Waals surface area contributed by atoms with E-state index in [0.29, 0.717) is 18.3 Å². The number of rotatable bonds is 4. The molecule has 2 rings (SSSR count). The van der Waals surface area contributed by atoms with Crippen molar-refractivity contribution in [3.8, 4) is 0 Å². The number of nitrogen functional groups attached to an aromatic ring is 1. The smallest absolute Gasteiger partial charge is 0.271 e. The van der Waals surface area contributed by atoms with E-state index in [-0.39, 0.29) is 11.6 Å². The molecule has 2 aromatic rings. The van der Waals surface area contributed by atoms with Gasteiger partial charge in [-0.05, 0) is 17.0 Å². The molecule has 5 heteroatoms. The van der Waals surface area contributed by atoms with E-state index < -0.39 is 0 Å². The number of benzene rings is 1. The Morgan fingerprint density at radius 1 is 1.20 bits per heavy atom. The molecule has 1 amide bonds. The van der Waals surface area contributed by atoms with Crippen molar-refractivity contribution >= 4 is 11.7 Å². The number of hydrogen-bond acceptors (Lipinski definition) is 4. The summed E-state index contributed by atoms with van der Waals surface area (Å²) in [5.41, 5.74) is 8.02. The molecule has 0 radical (unpaired) electrons. The van der Waals surface area contributed by atoms with E-state index in [1.165, 1.54) is 18.0 Å². The number of nitrogens with two attached hydrogens (primary N) is 1. The van der Waals surface area contributed by atoms with Gasteiger partial charge in [-0.1, -0.05) is 38.1 Å². The minimum atomic E-state index is -0.259. The van der Waals surface area contributed by atoms with Crippen LogP contribution in [0.4, 0.5) is 5.82 Å². The normalized spacial score (nSPS) is 10.6. The van der Waals surface area contributed by atoms with Crippen molar-refractivity contribution in [2.45, 2.75) is 26.3 Å². The van der Waals surface area contributed by atoms with Crippen LogP contribution in [0.2, 0.25) is 0 Å². The SMILES string of the molecule is CC(C)c1ccc(CNC(=O)c2cnc(N)cn2)cc1. The molecule has 5 nitrogen and oxygen atoms in total. The van der Waals surface area contributed by atoms with Crippen molar-refractivity contribution in [3.05, 3.63) is 53.5 Å². The van der Waals surface area contributed by atoms with E-state index in [1.807, 2.05) is 12.1 Å². The molecule has 0 aliphatic heterocycles. The van der Waals surface area contributed by atoms with Crippen molar-refractivity contribution in [3.63, 3.8) is 0 Å². The maximum absolute atomic E-state index is 11.9. The number of carbonyl (C=O) groups excluding carboxylic acids is 1. The van der Waals surface area contributed by atoms with Crippen LogP contribution in [-0.4, -0.2) is 15.9 Å². The molecule has 0 saturated carbocycles. The number of nitrogens with one attached hydrogen (secondary N) is 1. The predicted octanol–water partition coefficient (Wildman–Crippen LogP) is 2.11. The Labute approximate surface area is 118 Å². The van der Waals surface area contributed by atoms with Gasteiger partial charge in [-0.25, -0.2) is 9.97 Å². The van der Waals surface area contributed by atoms with Crippen LogP contribution in [-0.2, 0) is 6.54 Å². The molecule has 0 aliphatic rings. The molecule has 20 heavy (non-hydrogen) atoms. The van der Waals surface area contributed by atoms with Crippen LogP contribution in [0.15, 0.2) is 36.7 Å². The maximum atomic E-state index is 11.9. The molecule has 3 N–H and O–H groups in total. The highest BCUT2D eigenvalue weighted by Gasteiger charge is 2.07. The lowest BCUT2D eigenvalue weighted by Crippen LogP contribution is -2.24. The maximum Gasteiger partial charge on any atom is 0.271 e. The second-order valence-corrected chi connectivity index (χ2v) is 4.91. The van der Waals surface area contributed by atoms with E-state index >= 15 is 0 Å². The summed E-state index contributed by atoms with van der Waals surface area (Å²) in [6, 6.07) is 8.19. The number of anilines is 1. The molecule has 0 spiro atoms. The first-order chi connectivity index (χ1) is 9.56. The monoisotopic (exact) mass is 270 g/mol. The predicted molar refractivity (Wildman–Crippen MR) is 78.1 cm³/mol. The molecule has 1 aromatic carbocycles. The summed E-state index contributed by atoms with van der Waals surface area (Å²) in [6.45, 7) is 4.76. The van der Waals surface area contributed by atoms with Crippen molar-refractivity contribution in [2.75, 3.05) is 5.73 Å². The largest absolute Gasteiger partial charge is 0.382 e. The molecule has 0 aliphatic carbocycles. The van der Waals surface area contributed by atoms with Crippen LogP contribution in [0.25, 0.3) is 0 Å². The molecular weight excluding hydrogens is 252 g/mol. The van der Waals surface area contributed by atoms with Gasteiger partial charge in [0.15, 0.2) is 0 Å². The Kier molecular flexibility index (Phi) is 4.30. The standard InChI is InChI=1S/C15H18N4O/c1-10(2)12-5-3-11(4-6-12)7-19-15(20)13-8-18-14(16)9-17-13/h3-6,8-10H,7H2,1-2H3,(H2,16,18)(H,19,20). The summed E-state index contributed by atoms with van der Waals surface area (Å²) < 4.78 is 0. The highest BCUT2D eigenvalue weighted by molar-refractivity contribution is 5.91. The zero-order valence-electron chi connectivity index (χ0n) is 11.6. The topological polar surface area (TPSA) is 80.9 Å². The van der Waals surface area contributed by atoms with Crippen LogP contribution in [0.5, 0.6) is 0 Å². The van der Waals surface area contributed by atoms with E-state index in [4.69, 9.17) is 5.73 Å². The second-order valence-electron chi connectivity index (χ2n) is 4.91. The lowest BCUT2D eigenvalue weighted by Gasteiger charge is -2.08. The van der Waals surface area contributed by atoms with Gasteiger partial charge in [-0.2, -0.15) is 0 Å². The molecule has 1 heterocycles. The van der Waals surface area contributed by atoms with Crippen molar-refractivity contribution < 1.29 is 4.79 Å². The van der Waals surface area contributed by atoms with Crippen LogP contribution < -0.4 is 11.1 Å². The van der Waals surface area contributed by atoms with Gasteiger partial charge in [0.2, 0.25) is 0 Å². The van der Waals surface area contributed by atoms with Gasteiger partial charge >= 0.3 is 0 Å². The van der Waals surface area contributed by atoms with Gasteiger partial charge in [0.1, 0.15) is 11.5 Å². The molecule has 0 bridgehead atoms. The van der Waals surface area contributed by atoms with Gasteiger partial charge in [0.25, 0.3) is 5.91 Å². The fraction of sp³-hybridized carbons (Fsp3) is 0.267. The summed E-state index contributed by atoms with van der Waals surface area (Å²) in [4.78, 5) is 19.6. The van der Waals surface area contributed by atoms with Gasteiger partial charge in [-0.3, -0.25) is 4.79 Å². The van der Waals surface area contributed by atoms with Crippen LogP contribution in [0.3, 0.4) is 0 Å². The number of hydrogen-bond donors (Lipinski definition) is 2. The fourth-order valence-corrected chi connectivity index (χ4v) is 1.75. The van der Waals surface area contributed by atoms with Crippen molar-refractivity contribution in [1.82, 2.24) is 15.3 Å². The fourth-order valence-electron chi connectivity index (χ4n) is 1.75. The Morgan fingerprint density at radius 2 is 1.90 bits per heavy atom. The van der Waals surface area contributed by atoms with E-state index in [9.17, 15) is 4.79 Å². The zero-order valence-corrected chi connectivity index (χ0v) is 11.6. The quantitative estimate of drug-likeness (QED) is 0.891. The van der Waals surface area contributed by atoms with Gasteiger partial charge in [0.05, 0.1) is 12.4 Å². The first-order valence-corrected chi connectivity index (χ1v) is 6.51. The van der Waals surface area contributed by atoms with Crippen molar-refractivity contribution in [2.24, 2.45) is 0 Å². The summed E-state index contributed by atoms with van der Waals surface area (Å²) in [5.74, 6) is 0.542. The first kappa shape index (κ1) is 14.0. The minimum absolute atomic E-state index is 0.259. The molecule has 0 saturated heterocycles. The number of nitrogens with zero attached hydrogens (tertiary/aromatic N) is 2. The van der Waals surface area contributed by atoms with Crippen molar-refractivity contribution in [1.29, 1.82) is 0 Å². The number of aromatic nitrogens is 2. The molecule has 1 aromatic heterocycles. The first-order valence-electron chi connectivity index (χ1n) is 6.51. The van der Waals surface area contributed by atoms with E-state index in [2.05, 4.69) is 41.3 Å². The summed E-state index contributed by atoms with van der Waals surface area (Å²) in [5, 5.41) is 2.80. The van der Waals surface area contributed by atoms with Crippen LogP contribution in [0.1, 0.15) is 41.4 Å². The number of carbonyl (C=O) groups is 1. The lowest BCUT2D eigenvalue weighted by molar-refractivity contribution is 0.0945. The zero-order chi connectivity index (χ0) is 14.5. The highest BCUT2D eigenvalue weighted by atomic mass is 16.1. The lowest BCUT2D eigenvalue weighted by atomic mass is 10.0. The van der Waals surface area contributed by atoms with Gasteiger partial charge < -0.3 is 11.1 Å². The molecule has 0 unspecified atom stereocenters. The Bertz CT molecular complexity index is 576. The molecule has 104 valence electrons. The summed E-state index contributed by atoms with van der Waals surface area (Å²) >= 11 is 0. The molecular formula is C15H18N4O. The Balaban J connectivity index is 1.94. The number of amides is 1. The minimum Gasteiger partial charge on any atom is -0.382 e. The highest BCUT2D eigenvalue weighted by Crippen LogP contribution is 2.14. The molecule has 0 fully saturated rings. The third-order valence-electron chi connectivity index (χ3n) is 3.00. The van der Waals surface area contributed by atoms with Gasteiger partial charge in [0, 0.05) is 6.54 Å². The third kappa shape index (κ3) is 3.54. The van der Waals surface area contributed by atoms with Crippen LogP contribution >= 0.6 is 0 Å². The molecule has 0 atom stereocenters. The summed E-state index contributed by atoms with van der Waals surface area (Å²) in [6.07, 6.45) is 2.73. The van der Waals surface area contributed by atoms with Crippen LogP contribution in [0, 0.1) is 0 Å².